The Balaban J connectivity index is 3.04. The second kappa shape index (κ2) is 7.74. The lowest BCUT2D eigenvalue weighted by molar-refractivity contribution is -0.153. The SMILES string of the molecule is CCC(N)C(c1ccc(Br)s1)N(CCO)CC(F)(F)F. The summed E-state index contributed by atoms with van der Waals surface area (Å²) in [6, 6.07) is 2.59. The normalized spacial score (nSPS) is 15.6. The van der Waals surface area contributed by atoms with E-state index in [4.69, 9.17) is 10.8 Å². The van der Waals surface area contributed by atoms with Gasteiger partial charge < -0.3 is 10.8 Å². The Morgan fingerprint density at radius 3 is 2.50 bits per heavy atom. The molecule has 1 aromatic heterocycles. The van der Waals surface area contributed by atoms with Crippen molar-refractivity contribution in [1.82, 2.24) is 4.90 Å². The molecule has 0 saturated carbocycles. The van der Waals surface area contributed by atoms with E-state index in [-0.39, 0.29) is 13.2 Å². The van der Waals surface area contributed by atoms with Crippen LogP contribution in [0.15, 0.2) is 15.9 Å². The van der Waals surface area contributed by atoms with Gasteiger partial charge in [0.2, 0.25) is 0 Å². The van der Waals surface area contributed by atoms with Crippen molar-refractivity contribution in [2.75, 3.05) is 19.7 Å². The van der Waals surface area contributed by atoms with E-state index in [0.29, 0.717) is 6.42 Å². The van der Waals surface area contributed by atoms with E-state index in [2.05, 4.69) is 15.9 Å². The summed E-state index contributed by atoms with van der Waals surface area (Å²) in [7, 11) is 0. The molecule has 8 heteroatoms. The maximum absolute atomic E-state index is 12.7. The monoisotopic (exact) mass is 374 g/mol. The van der Waals surface area contributed by atoms with E-state index < -0.39 is 24.8 Å². The average Bonchev–Trinajstić information content (AvgIpc) is 2.74. The van der Waals surface area contributed by atoms with Gasteiger partial charge in [-0.05, 0) is 34.5 Å². The first-order valence-electron chi connectivity index (χ1n) is 6.21. The van der Waals surface area contributed by atoms with Crippen LogP contribution in [0.5, 0.6) is 0 Å². The van der Waals surface area contributed by atoms with Crippen LogP contribution in [0.1, 0.15) is 24.3 Å². The second-order valence-corrected chi connectivity index (χ2v) is 6.96. The highest BCUT2D eigenvalue weighted by molar-refractivity contribution is 9.11. The third-order valence-electron chi connectivity index (χ3n) is 2.93. The van der Waals surface area contributed by atoms with E-state index in [9.17, 15) is 13.2 Å². The summed E-state index contributed by atoms with van der Waals surface area (Å²) in [6.07, 6.45) is -3.77. The zero-order chi connectivity index (χ0) is 15.3. The molecule has 0 radical (unpaired) electrons. The van der Waals surface area contributed by atoms with Crippen LogP contribution in [-0.2, 0) is 0 Å². The molecule has 2 atom stereocenters. The summed E-state index contributed by atoms with van der Waals surface area (Å²) in [4.78, 5) is 1.97. The molecule has 1 aromatic rings. The van der Waals surface area contributed by atoms with Gasteiger partial charge in [-0.25, -0.2) is 0 Å². The topological polar surface area (TPSA) is 49.5 Å². The molecule has 0 aromatic carbocycles. The Hall–Kier alpha value is -0.150. The molecule has 20 heavy (non-hydrogen) atoms. The third kappa shape index (κ3) is 5.33. The lowest BCUT2D eigenvalue weighted by Crippen LogP contribution is -2.45. The lowest BCUT2D eigenvalue weighted by Gasteiger charge is -2.34. The minimum atomic E-state index is -4.32. The van der Waals surface area contributed by atoms with Gasteiger partial charge in [0.1, 0.15) is 0 Å². The summed E-state index contributed by atoms with van der Waals surface area (Å²) in [5.74, 6) is 0. The molecular formula is C12H18BrF3N2OS. The van der Waals surface area contributed by atoms with E-state index in [1.54, 1.807) is 12.1 Å². The van der Waals surface area contributed by atoms with E-state index in [1.165, 1.54) is 16.2 Å². The molecule has 0 bridgehead atoms. The predicted molar refractivity (Wildman–Crippen MR) is 77.7 cm³/mol. The molecule has 0 saturated heterocycles. The summed E-state index contributed by atoms with van der Waals surface area (Å²) < 4.78 is 39.0. The highest BCUT2D eigenvalue weighted by atomic mass is 79.9. The van der Waals surface area contributed by atoms with Crippen LogP contribution in [0.25, 0.3) is 0 Å². The number of rotatable bonds is 7. The molecule has 1 rings (SSSR count). The smallest absolute Gasteiger partial charge is 0.395 e. The Bertz CT molecular complexity index is 414. The van der Waals surface area contributed by atoms with Gasteiger partial charge in [-0.3, -0.25) is 4.90 Å². The number of aliphatic hydroxyl groups excluding tert-OH is 1. The largest absolute Gasteiger partial charge is 0.401 e. The van der Waals surface area contributed by atoms with Gasteiger partial charge in [0.25, 0.3) is 0 Å². The molecule has 0 fully saturated rings. The van der Waals surface area contributed by atoms with Crippen molar-refractivity contribution in [3.8, 4) is 0 Å². The van der Waals surface area contributed by atoms with Crippen molar-refractivity contribution in [3.63, 3.8) is 0 Å². The van der Waals surface area contributed by atoms with Crippen LogP contribution in [0.2, 0.25) is 0 Å². The average molecular weight is 375 g/mol. The molecule has 3 nitrogen and oxygen atoms in total. The predicted octanol–water partition coefficient (Wildman–Crippen LogP) is 3.15. The molecule has 0 spiro atoms. The van der Waals surface area contributed by atoms with Gasteiger partial charge in [0.15, 0.2) is 0 Å². The molecule has 3 N–H and O–H groups in total. The van der Waals surface area contributed by atoms with Crippen LogP contribution in [0.4, 0.5) is 13.2 Å². The maximum atomic E-state index is 12.7. The summed E-state index contributed by atoms with van der Waals surface area (Å²) in [6.45, 7) is 0.357. The third-order valence-corrected chi connectivity index (χ3v) is 4.62. The van der Waals surface area contributed by atoms with Crippen LogP contribution >= 0.6 is 27.3 Å². The highest BCUT2D eigenvalue weighted by Crippen LogP contribution is 2.34. The zero-order valence-electron chi connectivity index (χ0n) is 11.0. The van der Waals surface area contributed by atoms with Crippen molar-refractivity contribution in [2.45, 2.75) is 31.6 Å². The van der Waals surface area contributed by atoms with Crippen LogP contribution in [0, 0.1) is 0 Å². The number of hydrogen-bond acceptors (Lipinski definition) is 4. The van der Waals surface area contributed by atoms with Crippen molar-refractivity contribution >= 4 is 27.3 Å². The minimum absolute atomic E-state index is 0.0621. The summed E-state index contributed by atoms with van der Waals surface area (Å²) >= 11 is 4.67. The first-order chi connectivity index (χ1) is 9.28. The van der Waals surface area contributed by atoms with Crippen molar-refractivity contribution in [3.05, 3.63) is 20.8 Å². The van der Waals surface area contributed by atoms with Crippen LogP contribution in [0.3, 0.4) is 0 Å². The Kier molecular flexibility index (Phi) is 6.93. The van der Waals surface area contributed by atoms with Gasteiger partial charge in [-0.1, -0.05) is 6.92 Å². The Morgan fingerprint density at radius 2 is 2.10 bits per heavy atom. The maximum Gasteiger partial charge on any atom is 0.401 e. The molecule has 0 aliphatic carbocycles. The van der Waals surface area contributed by atoms with E-state index in [0.717, 1.165) is 8.66 Å². The molecule has 0 aliphatic rings. The van der Waals surface area contributed by atoms with E-state index in [1.807, 2.05) is 6.92 Å². The first kappa shape index (κ1) is 17.9. The molecule has 0 aliphatic heterocycles. The highest BCUT2D eigenvalue weighted by Gasteiger charge is 2.36. The standard InChI is InChI=1S/C12H18BrF3N2OS/c1-2-8(17)11(9-3-4-10(13)20-9)18(5-6-19)7-12(14,15)16/h3-4,8,11,19H,2,5-7,17H2,1H3. The molecule has 1 heterocycles. The number of hydrogen-bond donors (Lipinski definition) is 2. The van der Waals surface area contributed by atoms with Gasteiger partial charge in [0.05, 0.1) is 23.0 Å². The zero-order valence-corrected chi connectivity index (χ0v) is 13.4. The number of halogens is 4. The Morgan fingerprint density at radius 1 is 1.45 bits per heavy atom. The fourth-order valence-corrected chi connectivity index (χ4v) is 3.68. The second-order valence-electron chi connectivity index (χ2n) is 4.47. The minimum Gasteiger partial charge on any atom is -0.395 e. The molecule has 2 unspecified atom stereocenters. The number of thiophene rings is 1. The van der Waals surface area contributed by atoms with Gasteiger partial charge in [-0.15, -0.1) is 11.3 Å². The van der Waals surface area contributed by atoms with Crippen molar-refractivity contribution in [1.29, 1.82) is 0 Å². The number of nitrogens with two attached hydrogens (primary N) is 1. The van der Waals surface area contributed by atoms with Crippen molar-refractivity contribution in [2.24, 2.45) is 5.73 Å². The number of nitrogens with zero attached hydrogens (tertiary/aromatic N) is 1. The lowest BCUT2D eigenvalue weighted by atomic mass is 10.0. The van der Waals surface area contributed by atoms with Gasteiger partial charge in [-0.2, -0.15) is 13.2 Å². The van der Waals surface area contributed by atoms with Gasteiger partial charge >= 0.3 is 6.18 Å². The summed E-state index contributed by atoms with van der Waals surface area (Å²) in [5, 5.41) is 9.03. The Labute approximate surface area is 128 Å². The number of aliphatic hydroxyl groups is 1. The molecule has 0 amide bonds. The van der Waals surface area contributed by atoms with E-state index >= 15 is 0 Å². The van der Waals surface area contributed by atoms with Crippen molar-refractivity contribution < 1.29 is 18.3 Å². The van der Waals surface area contributed by atoms with Crippen LogP contribution < -0.4 is 5.73 Å². The molecule has 116 valence electrons. The quantitative estimate of drug-likeness (QED) is 0.770. The van der Waals surface area contributed by atoms with Crippen LogP contribution in [-0.4, -0.2) is 41.9 Å². The summed E-state index contributed by atoms with van der Waals surface area (Å²) in [5.41, 5.74) is 6.01. The fourth-order valence-electron chi connectivity index (χ4n) is 2.05. The fraction of sp³-hybridized carbons (Fsp3) is 0.667. The van der Waals surface area contributed by atoms with Gasteiger partial charge in [0, 0.05) is 17.5 Å². The first-order valence-corrected chi connectivity index (χ1v) is 7.82. The number of alkyl halides is 3. The molecular weight excluding hydrogens is 357 g/mol.